The summed E-state index contributed by atoms with van der Waals surface area (Å²) in [7, 11) is 0. The number of carbonyl (C=O) groups is 1. The Labute approximate surface area is 110 Å². The van der Waals surface area contributed by atoms with E-state index in [0.717, 1.165) is 5.56 Å². The van der Waals surface area contributed by atoms with Crippen molar-refractivity contribution < 1.29 is 4.79 Å². The first-order chi connectivity index (χ1) is 7.60. The summed E-state index contributed by atoms with van der Waals surface area (Å²) in [6.45, 7) is 2.92. The number of hydrogen-bond acceptors (Lipinski definition) is 1. The topological polar surface area (TPSA) is 20.3 Å². The molecule has 0 aliphatic carbocycles. The Balaban J connectivity index is 2.86. The van der Waals surface area contributed by atoms with Crippen LogP contribution in [0.25, 0.3) is 0 Å². The van der Waals surface area contributed by atoms with E-state index in [4.69, 9.17) is 34.8 Å². The molecule has 0 aromatic heterocycles. The SMILES string of the molecule is CCN(Cc1cccc(Cl)c1Cl)C(=O)CCl. The van der Waals surface area contributed by atoms with Crippen molar-refractivity contribution in [1.82, 2.24) is 4.90 Å². The van der Waals surface area contributed by atoms with Crippen LogP contribution in [0.5, 0.6) is 0 Å². The van der Waals surface area contributed by atoms with Gasteiger partial charge in [0.25, 0.3) is 0 Å². The third-order valence-electron chi connectivity index (χ3n) is 2.24. The van der Waals surface area contributed by atoms with E-state index in [1.54, 1.807) is 11.0 Å². The molecule has 0 spiro atoms. The number of benzene rings is 1. The first-order valence-electron chi connectivity index (χ1n) is 4.86. The highest BCUT2D eigenvalue weighted by Gasteiger charge is 2.13. The molecule has 0 heterocycles. The Morgan fingerprint density at radius 3 is 2.62 bits per heavy atom. The summed E-state index contributed by atoms with van der Waals surface area (Å²) in [6, 6.07) is 5.37. The summed E-state index contributed by atoms with van der Waals surface area (Å²) >= 11 is 17.4. The van der Waals surface area contributed by atoms with Crippen molar-refractivity contribution in [1.29, 1.82) is 0 Å². The molecule has 0 saturated carbocycles. The summed E-state index contributed by atoms with van der Waals surface area (Å²) in [5.41, 5.74) is 0.828. The van der Waals surface area contributed by atoms with Crippen molar-refractivity contribution in [3.63, 3.8) is 0 Å². The third kappa shape index (κ3) is 3.27. The van der Waals surface area contributed by atoms with Gasteiger partial charge in [0.2, 0.25) is 5.91 Å². The van der Waals surface area contributed by atoms with Gasteiger partial charge < -0.3 is 4.90 Å². The second-order valence-corrected chi connectivity index (χ2v) is 4.31. The lowest BCUT2D eigenvalue weighted by atomic mass is 10.2. The van der Waals surface area contributed by atoms with E-state index in [1.807, 2.05) is 19.1 Å². The number of alkyl halides is 1. The van der Waals surface area contributed by atoms with Gasteiger partial charge in [0, 0.05) is 13.1 Å². The molecule has 88 valence electrons. The number of halogens is 3. The lowest BCUT2D eigenvalue weighted by Gasteiger charge is -2.20. The number of hydrogen-bond donors (Lipinski definition) is 0. The fraction of sp³-hybridized carbons (Fsp3) is 0.364. The van der Waals surface area contributed by atoms with Crippen LogP contribution in [0.4, 0.5) is 0 Å². The molecule has 2 nitrogen and oxygen atoms in total. The number of nitrogens with zero attached hydrogens (tertiary/aromatic N) is 1. The summed E-state index contributed by atoms with van der Waals surface area (Å²) in [5, 5.41) is 0.985. The zero-order valence-electron chi connectivity index (χ0n) is 8.84. The minimum absolute atomic E-state index is 0.0218. The molecule has 0 aliphatic rings. The van der Waals surface area contributed by atoms with E-state index in [9.17, 15) is 4.79 Å². The Morgan fingerprint density at radius 2 is 2.06 bits per heavy atom. The van der Waals surface area contributed by atoms with E-state index in [0.29, 0.717) is 23.1 Å². The highest BCUT2D eigenvalue weighted by atomic mass is 35.5. The standard InChI is InChI=1S/C11H12Cl3NO/c1-2-15(10(16)6-12)7-8-4-3-5-9(13)11(8)14/h3-5H,2,6-7H2,1H3. The monoisotopic (exact) mass is 279 g/mol. The fourth-order valence-corrected chi connectivity index (χ4v) is 1.89. The molecule has 0 atom stereocenters. The quantitative estimate of drug-likeness (QED) is 0.772. The smallest absolute Gasteiger partial charge is 0.237 e. The van der Waals surface area contributed by atoms with Crippen molar-refractivity contribution in [3.05, 3.63) is 33.8 Å². The average Bonchev–Trinajstić information content (AvgIpc) is 2.30. The number of amides is 1. The number of rotatable bonds is 4. The summed E-state index contributed by atoms with van der Waals surface area (Å²) < 4.78 is 0. The van der Waals surface area contributed by atoms with Gasteiger partial charge in [0.1, 0.15) is 5.88 Å². The van der Waals surface area contributed by atoms with Crippen molar-refractivity contribution >= 4 is 40.7 Å². The van der Waals surface area contributed by atoms with E-state index < -0.39 is 0 Å². The van der Waals surface area contributed by atoms with Gasteiger partial charge in [0.15, 0.2) is 0 Å². The van der Waals surface area contributed by atoms with Gasteiger partial charge in [0.05, 0.1) is 10.0 Å². The van der Waals surface area contributed by atoms with Gasteiger partial charge in [-0.05, 0) is 18.6 Å². The Morgan fingerprint density at radius 1 is 1.38 bits per heavy atom. The van der Waals surface area contributed by atoms with Crippen molar-refractivity contribution in [3.8, 4) is 0 Å². The van der Waals surface area contributed by atoms with Gasteiger partial charge >= 0.3 is 0 Å². The van der Waals surface area contributed by atoms with Crippen molar-refractivity contribution in [2.24, 2.45) is 0 Å². The second-order valence-electron chi connectivity index (χ2n) is 3.25. The van der Waals surface area contributed by atoms with Crippen molar-refractivity contribution in [2.75, 3.05) is 12.4 Å². The molecule has 0 fully saturated rings. The van der Waals surface area contributed by atoms with Gasteiger partial charge in [-0.15, -0.1) is 11.6 Å². The van der Waals surface area contributed by atoms with E-state index in [2.05, 4.69) is 0 Å². The van der Waals surface area contributed by atoms with Crippen LogP contribution in [-0.2, 0) is 11.3 Å². The van der Waals surface area contributed by atoms with E-state index in [1.165, 1.54) is 0 Å². The molecular formula is C11H12Cl3NO. The fourth-order valence-electron chi connectivity index (χ4n) is 1.34. The first kappa shape index (κ1) is 13.6. The highest BCUT2D eigenvalue weighted by molar-refractivity contribution is 6.42. The van der Waals surface area contributed by atoms with Crippen molar-refractivity contribution in [2.45, 2.75) is 13.5 Å². The van der Waals surface area contributed by atoms with Gasteiger partial charge in [-0.3, -0.25) is 4.79 Å². The molecule has 0 radical (unpaired) electrons. The van der Waals surface area contributed by atoms with Crippen LogP contribution in [0.3, 0.4) is 0 Å². The second kappa shape index (κ2) is 6.33. The third-order valence-corrected chi connectivity index (χ3v) is 3.33. The molecule has 5 heteroatoms. The van der Waals surface area contributed by atoms with Gasteiger partial charge in [-0.2, -0.15) is 0 Å². The van der Waals surface area contributed by atoms with E-state index >= 15 is 0 Å². The molecule has 1 aromatic rings. The maximum Gasteiger partial charge on any atom is 0.237 e. The van der Waals surface area contributed by atoms with E-state index in [-0.39, 0.29) is 11.8 Å². The predicted octanol–water partition coefficient (Wildman–Crippen LogP) is 3.58. The minimum Gasteiger partial charge on any atom is -0.338 e. The van der Waals surface area contributed by atoms with Crippen LogP contribution in [0.1, 0.15) is 12.5 Å². The summed E-state index contributed by atoms with van der Waals surface area (Å²) in [5.74, 6) is -0.133. The molecule has 0 aliphatic heterocycles. The largest absolute Gasteiger partial charge is 0.338 e. The lowest BCUT2D eigenvalue weighted by Crippen LogP contribution is -2.31. The van der Waals surface area contributed by atoms with Crippen LogP contribution in [-0.4, -0.2) is 23.2 Å². The summed E-state index contributed by atoms with van der Waals surface area (Å²) in [4.78, 5) is 13.1. The van der Waals surface area contributed by atoms with Crippen LogP contribution in [0.15, 0.2) is 18.2 Å². The van der Waals surface area contributed by atoms with Crippen LogP contribution in [0, 0.1) is 0 Å². The first-order valence-corrected chi connectivity index (χ1v) is 6.15. The summed E-state index contributed by atoms with van der Waals surface area (Å²) in [6.07, 6.45) is 0. The zero-order chi connectivity index (χ0) is 12.1. The molecule has 1 rings (SSSR count). The van der Waals surface area contributed by atoms with Gasteiger partial charge in [-0.1, -0.05) is 35.3 Å². The Bertz CT molecular complexity index is 381. The molecule has 0 unspecified atom stereocenters. The highest BCUT2D eigenvalue weighted by Crippen LogP contribution is 2.26. The normalized spacial score (nSPS) is 10.2. The van der Waals surface area contributed by atoms with Crippen LogP contribution >= 0.6 is 34.8 Å². The molecule has 1 amide bonds. The predicted molar refractivity (Wildman–Crippen MR) is 68.3 cm³/mol. The molecule has 0 bridgehead atoms. The lowest BCUT2D eigenvalue weighted by molar-refractivity contribution is -0.128. The Hall–Kier alpha value is -0.440. The minimum atomic E-state index is -0.111. The molecular weight excluding hydrogens is 268 g/mol. The average molecular weight is 281 g/mol. The maximum atomic E-state index is 11.5. The maximum absolute atomic E-state index is 11.5. The molecule has 0 saturated heterocycles. The van der Waals surface area contributed by atoms with Crippen LogP contribution < -0.4 is 0 Å². The Kier molecular flexibility index (Phi) is 5.39. The van der Waals surface area contributed by atoms with Gasteiger partial charge in [-0.25, -0.2) is 0 Å². The molecule has 1 aromatic carbocycles. The number of carbonyl (C=O) groups excluding carboxylic acids is 1. The molecule has 0 N–H and O–H groups in total. The molecule has 16 heavy (non-hydrogen) atoms. The zero-order valence-corrected chi connectivity index (χ0v) is 11.1. The van der Waals surface area contributed by atoms with Crippen LogP contribution in [0.2, 0.25) is 10.0 Å².